The number of nitrogens with one attached hydrogen (secondary N) is 2. The first-order chi connectivity index (χ1) is 7.78. The van der Waals surface area contributed by atoms with Crippen molar-refractivity contribution in [2.24, 2.45) is 5.92 Å². The Morgan fingerprint density at radius 2 is 2.06 bits per heavy atom. The van der Waals surface area contributed by atoms with Crippen molar-refractivity contribution in [3.8, 4) is 0 Å². The standard InChI is InChI=1S/C9H15ClN4O2S/c1-6(2)5-11-17(15,16)14-9-12-7(3)4-8(10)13-9/h4,6,11H,5H2,1-3H3,(H,12,13,14). The lowest BCUT2D eigenvalue weighted by Gasteiger charge is -2.10. The predicted octanol–water partition coefficient (Wildman–Crippen LogP) is 1.34. The molecule has 6 nitrogen and oxygen atoms in total. The molecular weight excluding hydrogens is 264 g/mol. The Hall–Kier alpha value is -0.920. The van der Waals surface area contributed by atoms with Crippen molar-refractivity contribution in [3.63, 3.8) is 0 Å². The van der Waals surface area contributed by atoms with Crippen molar-refractivity contribution in [2.75, 3.05) is 11.3 Å². The van der Waals surface area contributed by atoms with E-state index < -0.39 is 10.2 Å². The third-order valence-corrected chi connectivity index (χ3v) is 2.92. The first-order valence-corrected chi connectivity index (χ1v) is 6.93. The summed E-state index contributed by atoms with van der Waals surface area (Å²) in [6.45, 7) is 5.85. The molecule has 0 unspecified atom stereocenters. The molecule has 0 aliphatic rings. The molecule has 0 fully saturated rings. The number of rotatable bonds is 5. The maximum absolute atomic E-state index is 11.6. The van der Waals surface area contributed by atoms with Crippen LogP contribution in [0.4, 0.5) is 5.95 Å². The third-order valence-electron chi connectivity index (χ3n) is 1.73. The van der Waals surface area contributed by atoms with Gasteiger partial charge in [0.2, 0.25) is 5.95 Å². The van der Waals surface area contributed by atoms with Gasteiger partial charge < -0.3 is 0 Å². The smallest absolute Gasteiger partial charge is 0.238 e. The molecule has 1 aromatic heterocycles. The van der Waals surface area contributed by atoms with Gasteiger partial charge in [-0.05, 0) is 18.9 Å². The van der Waals surface area contributed by atoms with E-state index in [4.69, 9.17) is 11.6 Å². The van der Waals surface area contributed by atoms with Gasteiger partial charge in [-0.1, -0.05) is 25.4 Å². The minimum atomic E-state index is -3.65. The van der Waals surface area contributed by atoms with Crippen molar-refractivity contribution in [3.05, 3.63) is 16.9 Å². The van der Waals surface area contributed by atoms with Crippen LogP contribution in [0.15, 0.2) is 6.07 Å². The maximum atomic E-state index is 11.6. The van der Waals surface area contributed by atoms with Gasteiger partial charge in [-0.15, -0.1) is 0 Å². The van der Waals surface area contributed by atoms with Gasteiger partial charge in [0.1, 0.15) is 5.15 Å². The Kier molecular flexibility index (Phi) is 4.67. The van der Waals surface area contributed by atoms with Crippen LogP contribution in [0.2, 0.25) is 5.15 Å². The molecule has 0 bridgehead atoms. The topological polar surface area (TPSA) is 84.0 Å². The summed E-state index contributed by atoms with van der Waals surface area (Å²) in [5.41, 5.74) is 0.589. The quantitative estimate of drug-likeness (QED) is 0.796. The number of hydrogen-bond donors (Lipinski definition) is 2. The molecule has 0 radical (unpaired) electrons. The fourth-order valence-electron chi connectivity index (χ4n) is 1.01. The molecule has 1 heterocycles. The van der Waals surface area contributed by atoms with E-state index in [1.165, 1.54) is 0 Å². The predicted molar refractivity (Wildman–Crippen MR) is 67.2 cm³/mol. The lowest BCUT2D eigenvalue weighted by Crippen LogP contribution is -2.33. The van der Waals surface area contributed by atoms with Crippen molar-refractivity contribution < 1.29 is 8.42 Å². The molecule has 8 heteroatoms. The van der Waals surface area contributed by atoms with Crippen LogP contribution in [0, 0.1) is 12.8 Å². The highest BCUT2D eigenvalue weighted by Crippen LogP contribution is 2.10. The van der Waals surface area contributed by atoms with Crippen LogP contribution in [0.25, 0.3) is 0 Å². The summed E-state index contributed by atoms with van der Waals surface area (Å²) in [7, 11) is -3.65. The molecule has 0 saturated carbocycles. The van der Waals surface area contributed by atoms with Crippen LogP contribution in [0.5, 0.6) is 0 Å². The van der Waals surface area contributed by atoms with E-state index in [9.17, 15) is 8.42 Å². The molecule has 0 saturated heterocycles. The molecule has 0 aromatic carbocycles. The van der Waals surface area contributed by atoms with Crippen LogP contribution in [0.3, 0.4) is 0 Å². The van der Waals surface area contributed by atoms with Crippen LogP contribution < -0.4 is 9.44 Å². The van der Waals surface area contributed by atoms with E-state index in [1.54, 1.807) is 13.0 Å². The maximum Gasteiger partial charge on any atom is 0.301 e. The van der Waals surface area contributed by atoms with Crippen molar-refractivity contribution in [1.82, 2.24) is 14.7 Å². The van der Waals surface area contributed by atoms with E-state index in [0.29, 0.717) is 12.2 Å². The summed E-state index contributed by atoms with van der Waals surface area (Å²) in [4.78, 5) is 7.69. The fourth-order valence-corrected chi connectivity index (χ4v) is 2.20. The van der Waals surface area contributed by atoms with E-state index in [0.717, 1.165) is 0 Å². The molecule has 17 heavy (non-hydrogen) atoms. The third kappa shape index (κ3) is 5.29. The Morgan fingerprint density at radius 1 is 1.41 bits per heavy atom. The number of nitrogens with zero attached hydrogens (tertiary/aromatic N) is 2. The Balaban J connectivity index is 2.76. The highest BCUT2D eigenvalue weighted by Gasteiger charge is 2.12. The molecule has 0 spiro atoms. The Labute approximate surface area is 106 Å². The number of anilines is 1. The van der Waals surface area contributed by atoms with Crippen LogP contribution in [0.1, 0.15) is 19.5 Å². The van der Waals surface area contributed by atoms with Crippen molar-refractivity contribution >= 4 is 27.8 Å². The number of halogens is 1. The summed E-state index contributed by atoms with van der Waals surface area (Å²) in [6.07, 6.45) is 0. The van der Waals surface area contributed by atoms with Gasteiger partial charge in [0.15, 0.2) is 0 Å². The first kappa shape index (κ1) is 14.1. The lowest BCUT2D eigenvalue weighted by atomic mass is 10.2. The van der Waals surface area contributed by atoms with E-state index in [2.05, 4.69) is 19.4 Å². The summed E-state index contributed by atoms with van der Waals surface area (Å²) in [6, 6.07) is 1.54. The molecular formula is C9H15ClN4O2S. The van der Waals surface area contributed by atoms with Gasteiger partial charge in [-0.2, -0.15) is 13.1 Å². The second-order valence-corrected chi connectivity index (χ2v) is 5.89. The van der Waals surface area contributed by atoms with Crippen molar-refractivity contribution in [1.29, 1.82) is 0 Å². The van der Waals surface area contributed by atoms with Gasteiger partial charge in [0.25, 0.3) is 0 Å². The molecule has 2 N–H and O–H groups in total. The van der Waals surface area contributed by atoms with Gasteiger partial charge in [-0.3, -0.25) is 0 Å². The highest BCUT2D eigenvalue weighted by atomic mass is 35.5. The van der Waals surface area contributed by atoms with Crippen LogP contribution in [-0.4, -0.2) is 24.9 Å². The lowest BCUT2D eigenvalue weighted by molar-refractivity contribution is 0.564. The molecule has 0 aliphatic heterocycles. The summed E-state index contributed by atoms with van der Waals surface area (Å²) >= 11 is 5.70. The molecule has 96 valence electrons. The second-order valence-electron chi connectivity index (χ2n) is 4.00. The van der Waals surface area contributed by atoms with E-state index in [-0.39, 0.29) is 17.0 Å². The largest absolute Gasteiger partial charge is 0.301 e. The fraction of sp³-hybridized carbons (Fsp3) is 0.556. The summed E-state index contributed by atoms with van der Waals surface area (Å²) in [5, 5.41) is 0.194. The minimum absolute atomic E-state index is 0.0359. The van der Waals surface area contributed by atoms with Crippen LogP contribution >= 0.6 is 11.6 Å². The highest BCUT2D eigenvalue weighted by molar-refractivity contribution is 7.90. The van der Waals surface area contributed by atoms with E-state index in [1.807, 2.05) is 13.8 Å². The first-order valence-electron chi connectivity index (χ1n) is 5.07. The SMILES string of the molecule is Cc1cc(Cl)nc(NS(=O)(=O)NCC(C)C)n1. The molecule has 0 amide bonds. The van der Waals surface area contributed by atoms with Gasteiger partial charge >= 0.3 is 10.2 Å². The average molecular weight is 279 g/mol. The number of aryl methyl sites for hydroxylation is 1. The number of hydrogen-bond acceptors (Lipinski definition) is 4. The van der Waals surface area contributed by atoms with Crippen LogP contribution in [-0.2, 0) is 10.2 Å². The normalized spacial score (nSPS) is 11.8. The Bertz CT molecular complexity index is 470. The average Bonchev–Trinajstić information content (AvgIpc) is 2.12. The van der Waals surface area contributed by atoms with Crippen molar-refractivity contribution in [2.45, 2.75) is 20.8 Å². The van der Waals surface area contributed by atoms with Gasteiger partial charge in [-0.25, -0.2) is 14.7 Å². The minimum Gasteiger partial charge on any atom is -0.238 e. The zero-order valence-electron chi connectivity index (χ0n) is 9.86. The van der Waals surface area contributed by atoms with Gasteiger partial charge in [0.05, 0.1) is 0 Å². The molecule has 1 aromatic rings. The molecule has 1 rings (SSSR count). The van der Waals surface area contributed by atoms with Gasteiger partial charge in [0, 0.05) is 12.2 Å². The monoisotopic (exact) mass is 278 g/mol. The van der Waals surface area contributed by atoms with E-state index >= 15 is 0 Å². The molecule has 0 atom stereocenters. The summed E-state index contributed by atoms with van der Waals surface area (Å²) < 4.78 is 27.8. The number of aromatic nitrogens is 2. The Morgan fingerprint density at radius 3 is 2.59 bits per heavy atom. The zero-order chi connectivity index (χ0) is 13.1. The second kappa shape index (κ2) is 5.61. The molecule has 0 aliphatic carbocycles. The zero-order valence-corrected chi connectivity index (χ0v) is 11.4. The summed E-state index contributed by atoms with van der Waals surface area (Å²) in [5.74, 6) is 0.180.